The van der Waals surface area contributed by atoms with Gasteiger partial charge in [0.05, 0.1) is 0 Å². The predicted octanol–water partition coefficient (Wildman–Crippen LogP) is 5.05. The maximum atomic E-state index is 13.6. The van der Waals surface area contributed by atoms with Gasteiger partial charge in [0.25, 0.3) is 0 Å². The van der Waals surface area contributed by atoms with Crippen molar-refractivity contribution in [3.8, 4) is 34.1 Å². The third-order valence-electron chi connectivity index (χ3n) is 9.00. The Balaban J connectivity index is 2.17. The molecule has 3 aromatic rings. The Kier molecular flexibility index (Phi) is 9.82. The van der Waals surface area contributed by atoms with E-state index in [1.807, 2.05) is 13.8 Å². The number of aliphatic imine (C=N–C) groups is 1. The van der Waals surface area contributed by atoms with E-state index in [-0.39, 0.29) is 45.0 Å². The molecule has 0 aromatic heterocycles. The molecule has 0 heterocycles. The van der Waals surface area contributed by atoms with E-state index >= 15 is 0 Å². The molecule has 48 heavy (non-hydrogen) atoms. The molecule has 1 aliphatic carbocycles. The Hall–Kier alpha value is -5.10. The first-order chi connectivity index (χ1) is 22.3. The molecular weight excluding hydrogens is 620 g/mol. The number of aliphatic hydroxyl groups excluding tert-OH is 1. The van der Waals surface area contributed by atoms with Crippen LogP contribution in [0.1, 0.15) is 86.8 Å². The number of rotatable bonds is 9. The van der Waals surface area contributed by atoms with Gasteiger partial charge in [0.1, 0.15) is 29.7 Å². The maximum absolute atomic E-state index is 13.6. The van der Waals surface area contributed by atoms with Gasteiger partial charge in [0, 0.05) is 57.1 Å². The molecule has 12 nitrogen and oxygen atoms in total. The lowest BCUT2D eigenvalue weighted by Gasteiger charge is -2.35. The zero-order chi connectivity index (χ0) is 36.1. The van der Waals surface area contributed by atoms with Crippen LogP contribution in [0.15, 0.2) is 23.3 Å². The first-order valence-corrected chi connectivity index (χ1v) is 15.6. The molecule has 0 aliphatic heterocycles. The largest absolute Gasteiger partial charge is 0.507 e. The smallest absolute Gasteiger partial charge is 0.328 e. The second-order valence-corrected chi connectivity index (χ2v) is 13.1. The molecule has 4 atom stereocenters. The lowest BCUT2D eigenvalue weighted by molar-refractivity contribution is -0.139. The Morgan fingerprint density at radius 1 is 0.833 bits per heavy atom. The number of aliphatic carboxylic acids is 2. The molecule has 12 heteroatoms. The second-order valence-electron chi connectivity index (χ2n) is 13.1. The molecule has 0 amide bonds. The standard InChI is InChI=1S/C36H42N2O10/c1-13(2)23-19-9-15(5)25(31(41)27(19)21(29(39)33(23)43)11-37-17(7)35(45)46)26-16(6)10-20-24(14(3)4)34(44)30(40)22(28(20)32(26)42)12-38-18(8)36(47)48/h9-14,17-18,23,33,37,40-44H,1-8H3,(H,45,46)(H,47,48)/b21-11-,38-12?/t17?,18?,23-,33?/m1/s1. The van der Waals surface area contributed by atoms with Crippen LogP contribution in [-0.2, 0) is 14.4 Å². The summed E-state index contributed by atoms with van der Waals surface area (Å²) >= 11 is 0. The second kappa shape index (κ2) is 13.2. The maximum Gasteiger partial charge on any atom is 0.328 e. The van der Waals surface area contributed by atoms with Gasteiger partial charge in [-0.15, -0.1) is 0 Å². The van der Waals surface area contributed by atoms with Crippen molar-refractivity contribution >= 4 is 40.3 Å². The van der Waals surface area contributed by atoms with Gasteiger partial charge in [0.2, 0.25) is 0 Å². The van der Waals surface area contributed by atoms with E-state index in [4.69, 9.17) is 0 Å². The number of phenolic OH excluding ortho intramolecular Hbond substituents is 4. The molecule has 8 N–H and O–H groups in total. The summed E-state index contributed by atoms with van der Waals surface area (Å²) in [6, 6.07) is 1.08. The normalized spacial score (nSPS) is 18.6. The minimum absolute atomic E-state index is 0.0479. The molecule has 0 bridgehead atoms. The number of phenols is 4. The Labute approximate surface area is 277 Å². The summed E-state index contributed by atoms with van der Waals surface area (Å²) in [4.78, 5) is 40.6. The average molecular weight is 663 g/mol. The summed E-state index contributed by atoms with van der Waals surface area (Å²) in [7, 11) is 0. The number of carbonyl (C=O) groups is 3. The SMILES string of the molecule is Cc1cc2c(c(O)c1-c1c(C)cc3c(C(C)C)c(O)c(O)c(C=NC(C)C(=O)O)c3c1O)/C(=C/NC(C)C(=O)O)C(=O)C(O)[C@@H]2C(C)C. The fraction of sp³-hybridized carbons (Fsp3) is 0.389. The number of nitrogens with one attached hydrogen (secondary N) is 1. The quantitative estimate of drug-likeness (QED) is 0.0861. The number of carboxylic acids is 2. The highest BCUT2D eigenvalue weighted by Gasteiger charge is 2.42. The number of nitrogens with zero attached hydrogens (tertiary/aromatic N) is 1. The summed E-state index contributed by atoms with van der Waals surface area (Å²) in [5.41, 5.74) is 1.78. The van der Waals surface area contributed by atoms with Crippen molar-refractivity contribution < 1.29 is 50.1 Å². The monoisotopic (exact) mass is 662 g/mol. The van der Waals surface area contributed by atoms with Crippen molar-refractivity contribution in [3.63, 3.8) is 0 Å². The number of aliphatic hydroxyl groups is 1. The van der Waals surface area contributed by atoms with Gasteiger partial charge in [-0.2, -0.15) is 0 Å². The fourth-order valence-electron chi connectivity index (χ4n) is 6.51. The molecule has 0 fully saturated rings. The summed E-state index contributed by atoms with van der Waals surface area (Å²) in [6.07, 6.45) is 0.771. The first kappa shape index (κ1) is 35.7. The number of aryl methyl sites for hydroxylation is 2. The zero-order valence-corrected chi connectivity index (χ0v) is 28.1. The van der Waals surface area contributed by atoms with Crippen molar-refractivity contribution in [1.82, 2.24) is 5.32 Å². The molecule has 1 aliphatic rings. The van der Waals surface area contributed by atoms with Gasteiger partial charge in [-0.25, -0.2) is 4.79 Å². The van der Waals surface area contributed by atoms with Crippen LogP contribution in [0.2, 0.25) is 0 Å². The topological polar surface area (TPSA) is 217 Å². The number of aromatic hydroxyl groups is 4. The van der Waals surface area contributed by atoms with Gasteiger partial charge in [-0.1, -0.05) is 39.8 Å². The van der Waals surface area contributed by atoms with Gasteiger partial charge < -0.3 is 41.1 Å². The third-order valence-corrected chi connectivity index (χ3v) is 9.00. The molecule has 256 valence electrons. The molecule has 0 saturated heterocycles. The van der Waals surface area contributed by atoms with Crippen LogP contribution >= 0.6 is 0 Å². The minimum Gasteiger partial charge on any atom is -0.507 e. The highest BCUT2D eigenvalue weighted by Crippen LogP contribution is 2.54. The van der Waals surface area contributed by atoms with Gasteiger partial charge in [-0.05, 0) is 61.6 Å². The number of hydrogen-bond acceptors (Lipinski definition) is 10. The van der Waals surface area contributed by atoms with Gasteiger partial charge in [-0.3, -0.25) is 14.6 Å². The minimum atomic E-state index is -1.47. The molecule has 3 aromatic carbocycles. The highest BCUT2D eigenvalue weighted by molar-refractivity contribution is 6.26. The van der Waals surface area contributed by atoms with Gasteiger partial charge >= 0.3 is 11.9 Å². The van der Waals surface area contributed by atoms with Crippen LogP contribution in [-0.4, -0.2) is 77.9 Å². The van der Waals surface area contributed by atoms with Crippen molar-refractivity contribution in [2.45, 2.75) is 85.4 Å². The van der Waals surface area contributed by atoms with Crippen molar-refractivity contribution in [1.29, 1.82) is 0 Å². The molecule has 0 radical (unpaired) electrons. The van der Waals surface area contributed by atoms with E-state index in [9.17, 15) is 50.1 Å². The van der Waals surface area contributed by atoms with E-state index in [0.717, 1.165) is 6.21 Å². The lowest BCUT2D eigenvalue weighted by Crippen LogP contribution is -2.38. The van der Waals surface area contributed by atoms with Crippen LogP contribution in [0, 0.1) is 19.8 Å². The number of carbonyl (C=O) groups excluding carboxylic acids is 1. The lowest BCUT2D eigenvalue weighted by atomic mass is 9.70. The molecular formula is C36H42N2O10. The number of hydrogen-bond donors (Lipinski definition) is 8. The van der Waals surface area contributed by atoms with E-state index in [1.165, 1.54) is 20.0 Å². The summed E-state index contributed by atoms with van der Waals surface area (Å²) in [6.45, 7) is 13.3. The van der Waals surface area contributed by atoms with E-state index < -0.39 is 64.8 Å². The van der Waals surface area contributed by atoms with Crippen molar-refractivity contribution in [2.24, 2.45) is 10.9 Å². The highest BCUT2D eigenvalue weighted by atomic mass is 16.4. The number of ketones is 1. The molecule has 0 saturated carbocycles. The van der Waals surface area contributed by atoms with E-state index in [0.29, 0.717) is 27.6 Å². The van der Waals surface area contributed by atoms with E-state index in [1.54, 1.807) is 39.8 Å². The molecule has 4 rings (SSSR count). The van der Waals surface area contributed by atoms with Crippen molar-refractivity contribution in [3.05, 3.63) is 51.7 Å². The van der Waals surface area contributed by atoms with Crippen LogP contribution in [0.3, 0.4) is 0 Å². The number of fused-ring (bicyclic) bond motifs is 2. The molecule has 3 unspecified atom stereocenters. The Morgan fingerprint density at radius 3 is 1.96 bits per heavy atom. The predicted molar refractivity (Wildman–Crippen MR) is 181 cm³/mol. The summed E-state index contributed by atoms with van der Waals surface area (Å²) in [5, 5.41) is 79.3. The van der Waals surface area contributed by atoms with Gasteiger partial charge in [0.15, 0.2) is 17.3 Å². The average Bonchev–Trinajstić information content (AvgIpc) is 2.98. The Bertz CT molecular complexity index is 1910. The number of Topliss-reactive ketones (excluding diaryl/α,β-unsaturated/α-hetero) is 1. The first-order valence-electron chi connectivity index (χ1n) is 15.6. The van der Waals surface area contributed by atoms with Crippen LogP contribution in [0.4, 0.5) is 0 Å². The van der Waals surface area contributed by atoms with Crippen LogP contribution < -0.4 is 5.32 Å². The molecule has 0 spiro atoms. The van der Waals surface area contributed by atoms with E-state index in [2.05, 4.69) is 10.3 Å². The van der Waals surface area contributed by atoms with Crippen LogP contribution in [0.25, 0.3) is 27.5 Å². The zero-order valence-electron chi connectivity index (χ0n) is 28.1. The van der Waals surface area contributed by atoms with Crippen molar-refractivity contribution in [2.75, 3.05) is 0 Å². The van der Waals surface area contributed by atoms with Crippen LogP contribution in [0.5, 0.6) is 23.0 Å². The fourth-order valence-corrected chi connectivity index (χ4v) is 6.51. The Morgan fingerprint density at radius 2 is 1.42 bits per heavy atom. The number of benzene rings is 3. The summed E-state index contributed by atoms with van der Waals surface area (Å²) in [5.74, 6) is -6.29. The number of carboxylic acid groups (broad SMARTS) is 2. The summed E-state index contributed by atoms with van der Waals surface area (Å²) < 4.78 is 0. The third kappa shape index (κ3) is 5.92.